The van der Waals surface area contributed by atoms with Gasteiger partial charge in [-0.1, -0.05) is 19.9 Å². The van der Waals surface area contributed by atoms with Gasteiger partial charge in [-0.05, 0) is 37.5 Å². The topological polar surface area (TPSA) is 67.4 Å². The Morgan fingerprint density at radius 3 is 2.47 bits per heavy atom. The summed E-state index contributed by atoms with van der Waals surface area (Å²) < 4.78 is 40.6. The van der Waals surface area contributed by atoms with Crippen molar-refractivity contribution in [3.8, 4) is 11.5 Å². The van der Waals surface area contributed by atoms with E-state index in [9.17, 15) is 8.78 Å². The first kappa shape index (κ1) is 28.6. The highest BCUT2D eigenvalue weighted by Gasteiger charge is 2.23. The summed E-state index contributed by atoms with van der Waals surface area (Å²) in [5.41, 5.74) is 0.843. The number of nitrogens with one attached hydrogen (secondary N) is 2. The molecular weight excluding hydrogens is 533 g/mol. The number of halogens is 3. The third kappa shape index (κ3) is 9.62. The number of morpholine rings is 1. The highest BCUT2D eigenvalue weighted by molar-refractivity contribution is 14.0. The molecule has 0 amide bonds. The zero-order valence-corrected chi connectivity index (χ0v) is 21.7. The average molecular weight is 570 g/mol. The second-order valence-corrected chi connectivity index (χ2v) is 7.63. The number of alkyl halides is 2. The van der Waals surface area contributed by atoms with Gasteiger partial charge in [-0.15, -0.1) is 24.0 Å². The molecule has 1 aliphatic rings. The molecule has 0 aromatic heterocycles. The molecule has 1 aromatic carbocycles. The Labute approximate surface area is 207 Å². The molecule has 1 aromatic rings. The van der Waals surface area contributed by atoms with Crippen LogP contribution in [0, 0.1) is 5.92 Å². The second-order valence-electron chi connectivity index (χ2n) is 7.63. The number of ether oxygens (including phenoxy) is 3. The summed E-state index contributed by atoms with van der Waals surface area (Å²) in [5, 5.41) is 6.72. The van der Waals surface area contributed by atoms with Gasteiger partial charge in [0.05, 0.1) is 26.4 Å². The number of nitrogens with zero attached hydrogens (tertiary/aromatic N) is 2. The van der Waals surface area contributed by atoms with Crippen LogP contribution < -0.4 is 20.1 Å². The van der Waals surface area contributed by atoms with Gasteiger partial charge >= 0.3 is 6.61 Å². The molecule has 10 heteroatoms. The molecule has 1 heterocycles. The number of benzene rings is 1. The molecule has 0 aliphatic carbocycles. The van der Waals surface area contributed by atoms with Gasteiger partial charge in [0.1, 0.15) is 0 Å². The van der Waals surface area contributed by atoms with Gasteiger partial charge in [-0.25, -0.2) is 4.99 Å². The third-order valence-electron chi connectivity index (χ3n) is 5.05. The van der Waals surface area contributed by atoms with E-state index in [1.54, 1.807) is 19.1 Å². The van der Waals surface area contributed by atoms with E-state index >= 15 is 0 Å². The molecule has 7 nitrogen and oxygen atoms in total. The van der Waals surface area contributed by atoms with Gasteiger partial charge in [0, 0.05) is 32.2 Å². The van der Waals surface area contributed by atoms with Gasteiger partial charge in [-0.2, -0.15) is 8.78 Å². The summed E-state index contributed by atoms with van der Waals surface area (Å²) in [7, 11) is 0. The van der Waals surface area contributed by atoms with Crippen molar-refractivity contribution in [1.29, 1.82) is 0 Å². The van der Waals surface area contributed by atoms with Crippen LogP contribution >= 0.6 is 24.0 Å². The van der Waals surface area contributed by atoms with E-state index in [0.29, 0.717) is 36.8 Å². The molecule has 0 radical (unpaired) electrons. The predicted molar refractivity (Wildman–Crippen MR) is 133 cm³/mol. The van der Waals surface area contributed by atoms with Crippen LogP contribution in [0.4, 0.5) is 8.78 Å². The van der Waals surface area contributed by atoms with E-state index in [2.05, 4.69) is 39.1 Å². The molecule has 2 rings (SSSR count). The molecule has 0 saturated carbocycles. The lowest BCUT2D eigenvalue weighted by molar-refractivity contribution is -0.0514. The molecule has 0 bridgehead atoms. The lowest BCUT2D eigenvalue weighted by Crippen LogP contribution is -2.52. The zero-order chi connectivity index (χ0) is 22.6. The van der Waals surface area contributed by atoms with E-state index < -0.39 is 6.61 Å². The summed E-state index contributed by atoms with van der Waals surface area (Å²) in [6.07, 6.45) is 0. The van der Waals surface area contributed by atoms with Gasteiger partial charge < -0.3 is 24.8 Å². The maximum Gasteiger partial charge on any atom is 0.387 e. The van der Waals surface area contributed by atoms with Crippen LogP contribution in [-0.4, -0.2) is 69.5 Å². The lowest BCUT2D eigenvalue weighted by Gasteiger charge is -2.37. The van der Waals surface area contributed by atoms with Crippen molar-refractivity contribution in [1.82, 2.24) is 15.5 Å². The number of guanidine groups is 1. The maximum absolute atomic E-state index is 12.6. The molecule has 1 atom stereocenters. The Balaban J connectivity index is 0.00000512. The summed E-state index contributed by atoms with van der Waals surface area (Å²) >= 11 is 0. The Hall–Kier alpha value is -1.40. The van der Waals surface area contributed by atoms with Gasteiger partial charge in [0.2, 0.25) is 0 Å². The van der Waals surface area contributed by atoms with Crippen LogP contribution in [0.1, 0.15) is 33.3 Å². The molecule has 0 spiro atoms. The smallest absolute Gasteiger partial charge is 0.387 e. The van der Waals surface area contributed by atoms with Crippen molar-refractivity contribution >= 4 is 29.9 Å². The standard InChI is InChI=1S/C22H36F2N4O3.HI/c1-5-25-22(27-15-18(16(3)4)28-9-11-29-12-10-28)26-14-17-7-8-19(31-21(23)24)20(13-17)30-6-2;/h7-8,13,16,18,21H,5-6,9-12,14-15H2,1-4H3,(H2,25,26,27);1H. The Morgan fingerprint density at radius 2 is 1.88 bits per heavy atom. The van der Waals surface area contributed by atoms with Crippen molar-refractivity contribution in [3.05, 3.63) is 23.8 Å². The summed E-state index contributed by atoms with van der Waals surface area (Å²) in [6.45, 7) is 11.0. The zero-order valence-electron chi connectivity index (χ0n) is 19.4. The minimum atomic E-state index is -2.90. The van der Waals surface area contributed by atoms with Gasteiger partial charge in [0.25, 0.3) is 0 Å². The minimum absolute atomic E-state index is 0. The Morgan fingerprint density at radius 1 is 1.16 bits per heavy atom. The molecule has 1 fully saturated rings. The number of rotatable bonds is 11. The fraction of sp³-hybridized carbons (Fsp3) is 0.682. The van der Waals surface area contributed by atoms with Crippen LogP contribution in [0.3, 0.4) is 0 Å². The van der Waals surface area contributed by atoms with Crippen molar-refractivity contribution < 1.29 is 23.0 Å². The molecule has 1 aliphatic heterocycles. The SMILES string of the molecule is CCNC(=NCc1ccc(OC(F)F)c(OCC)c1)NCC(C(C)C)N1CCOCC1.I. The van der Waals surface area contributed by atoms with E-state index in [1.807, 2.05) is 6.92 Å². The highest BCUT2D eigenvalue weighted by Crippen LogP contribution is 2.30. The maximum atomic E-state index is 12.6. The minimum Gasteiger partial charge on any atom is -0.490 e. The third-order valence-corrected chi connectivity index (χ3v) is 5.05. The first-order chi connectivity index (χ1) is 14.9. The largest absolute Gasteiger partial charge is 0.490 e. The van der Waals surface area contributed by atoms with Crippen LogP contribution in [0.25, 0.3) is 0 Å². The van der Waals surface area contributed by atoms with Crippen molar-refractivity contribution in [2.45, 2.75) is 46.9 Å². The Bertz CT molecular complexity index is 689. The van der Waals surface area contributed by atoms with Crippen molar-refractivity contribution in [2.24, 2.45) is 10.9 Å². The van der Waals surface area contributed by atoms with Crippen LogP contribution in [0.2, 0.25) is 0 Å². The van der Waals surface area contributed by atoms with E-state index in [1.165, 1.54) is 6.07 Å². The summed E-state index contributed by atoms with van der Waals surface area (Å²) in [6, 6.07) is 5.29. The second kappa shape index (κ2) is 15.4. The van der Waals surface area contributed by atoms with Crippen molar-refractivity contribution in [3.63, 3.8) is 0 Å². The van der Waals surface area contributed by atoms with E-state index in [4.69, 9.17) is 9.47 Å². The normalized spacial score (nSPS) is 15.9. The van der Waals surface area contributed by atoms with Crippen LogP contribution in [0.5, 0.6) is 11.5 Å². The first-order valence-corrected chi connectivity index (χ1v) is 11.0. The van der Waals surface area contributed by atoms with E-state index in [-0.39, 0.29) is 29.7 Å². The summed E-state index contributed by atoms with van der Waals surface area (Å²) in [5.74, 6) is 1.53. The van der Waals surface area contributed by atoms with Gasteiger partial charge in [0.15, 0.2) is 17.5 Å². The Kier molecular flexibility index (Phi) is 13.8. The van der Waals surface area contributed by atoms with Gasteiger partial charge in [-0.3, -0.25) is 4.90 Å². The van der Waals surface area contributed by atoms with E-state index in [0.717, 1.165) is 45.0 Å². The molecular formula is C22H37F2IN4O3. The predicted octanol–water partition coefficient (Wildman–Crippen LogP) is 3.72. The fourth-order valence-corrected chi connectivity index (χ4v) is 3.52. The molecule has 1 unspecified atom stereocenters. The number of hydrogen-bond acceptors (Lipinski definition) is 5. The van der Waals surface area contributed by atoms with Crippen LogP contribution in [0.15, 0.2) is 23.2 Å². The molecule has 184 valence electrons. The lowest BCUT2D eigenvalue weighted by atomic mass is 10.0. The highest BCUT2D eigenvalue weighted by atomic mass is 127. The fourth-order valence-electron chi connectivity index (χ4n) is 3.52. The molecule has 32 heavy (non-hydrogen) atoms. The van der Waals surface area contributed by atoms with Crippen molar-refractivity contribution in [2.75, 3.05) is 46.0 Å². The number of hydrogen-bond donors (Lipinski definition) is 2. The van der Waals surface area contributed by atoms with Crippen LogP contribution in [-0.2, 0) is 11.3 Å². The quantitative estimate of drug-likeness (QED) is 0.240. The number of aliphatic imine (C=N–C) groups is 1. The average Bonchev–Trinajstić information content (AvgIpc) is 2.74. The monoisotopic (exact) mass is 570 g/mol. The molecule has 2 N–H and O–H groups in total. The molecule has 1 saturated heterocycles. The first-order valence-electron chi connectivity index (χ1n) is 11.0. The summed E-state index contributed by atoms with van der Waals surface area (Å²) in [4.78, 5) is 7.12.